The number of rotatable bonds is 11. The first-order chi connectivity index (χ1) is 18.0. The first-order valence-electron chi connectivity index (χ1n) is 11.6. The molecule has 0 aromatic heterocycles. The maximum absolute atomic E-state index is 13.0. The van der Waals surface area contributed by atoms with E-state index in [4.69, 9.17) is 25.8 Å². The SMILES string of the molecule is C=CCc1cc(/C=C2\SC(=O)N(CCOc3ccccc3)C2=O)cc(OC)c1OCc1ccc(Cl)cc1. The molecular weight excluding hydrogens is 510 g/mol. The van der Waals surface area contributed by atoms with Gasteiger partial charge in [-0.15, -0.1) is 6.58 Å². The molecule has 0 N–H and O–H groups in total. The summed E-state index contributed by atoms with van der Waals surface area (Å²) >= 11 is 6.88. The number of halogens is 1. The van der Waals surface area contributed by atoms with E-state index in [-0.39, 0.29) is 24.3 Å². The largest absolute Gasteiger partial charge is 0.493 e. The predicted octanol–water partition coefficient (Wildman–Crippen LogP) is 6.77. The van der Waals surface area contributed by atoms with E-state index in [0.29, 0.717) is 40.2 Å². The summed E-state index contributed by atoms with van der Waals surface area (Å²) in [5, 5.41) is 0.334. The molecule has 1 heterocycles. The average molecular weight is 536 g/mol. The molecule has 3 aromatic rings. The molecule has 190 valence electrons. The van der Waals surface area contributed by atoms with Crippen molar-refractivity contribution >= 4 is 40.6 Å². The number of imide groups is 1. The van der Waals surface area contributed by atoms with Crippen LogP contribution in [0.5, 0.6) is 17.2 Å². The van der Waals surface area contributed by atoms with E-state index in [9.17, 15) is 9.59 Å². The number of hydrogen-bond donors (Lipinski definition) is 0. The van der Waals surface area contributed by atoms with Crippen molar-refractivity contribution in [1.29, 1.82) is 0 Å². The predicted molar refractivity (Wildman–Crippen MR) is 147 cm³/mol. The standard InChI is InChI=1S/C29H26ClNO5S/c1-3-7-22-16-21(17-25(34-2)27(22)36-19-20-10-12-23(30)13-11-20)18-26-28(32)31(29(33)37-26)14-15-35-24-8-5-4-6-9-24/h3-6,8-13,16-18H,1,7,14-15,19H2,2H3/b26-18-. The number of carbonyl (C=O) groups is 2. The van der Waals surface area contributed by atoms with Crippen LogP contribution in [0.4, 0.5) is 4.79 Å². The summed E-state index contributed by atoms with van der Waals surface area (Å²) in [5.74, 6) is 1.46. The minimum absolute atomic E-state index is 0.166. The third-order valence-electron chi connectivity index (χ3n) is 5.53. The van der Waals surface area contributed by atoms with Gasteiger partial charge in [-0.05, 0) is 71.8 Å². The monoisotopic (exact) mass is 535 g/mol. The summed E-state index contributed by atoms with van der Waals surface area (Å²) in [6, 6.07) is 20.4. The molecule has 37 heavy (non-hydrogen) atoms. The van der Waals surface area contributed by atoms with E-state index in [1.165, 1.54) is 4.90 Å². The Kier molecular flexibility index (Phi) is 8.93. The van der Waals surface area contributed by atoms with Gasteiger partial charge in [-0.2, -0.15) is 0 Å². The van der Waals surface area contributed by atoms with Gasteiger partial charge in [0.1, 0.15) is 19.0 Å². The number of para-hydroxylation sites is 1. The van der Waals surface area contributed by atoms with E-state index in [2.05, 4.69) is 6.58 Å². The first-order valence-corrected chi connectivity index (χ1v) is 12.8. The molecule has 1 fully saturated rings. The lowest BCUT2D eigenvalue weighted by atomic mass is 10.0. The van der Waals surface area contributed by atoms with Gasteiger partial charge in [0.2, 0.25) is 0 Å². The Morgan fingerprint density at radius 1 is 1.03 bits per heavy atom. The number of benzene rings is 3. The Labute approximate surface area is 225 Å². The molecule has 6 nitrogen and oxygen atoms in total. The van der Waals surface area contributed by atoms with Gasteiger partial charge in [-0.3, -0.25) is 14.5 Å². The fraction of sp³-hybridized carbons (Fsp3) is 0.172. The van der Waals surface area contributed by atoms with Crippen molar-refractivity contribution in [2.24, 2.45) is 0 Å². The van der Waals surface area contributed by atoms with Gasteiger partial charge in [0.15, 0.2) is 11.5 Å². The van der Waals surface area contributed by atoms with Crippen LogP contribution >= 0.6 is 23.4 Å². The third kappa shape index (κ3) is 6.76. The Balaban J connectivity index is 1.50. The smallest absolute Gasteiger partial charge is 0.293 e. The second kappa shape index (κ2) is 12.5. The molecule has 0 spiro atoms. The lowest BCUT2D eigenvalue weighted by Crippen LogP contribution is -2.32. The van der Waals surface area contributed by atoms with Crippen molar-refractivity contribution in [1.82, 2.24) is 4.90 Å². The van der Waals surface area contributed by atoms with Crippen molar-refractivity contribution in [3.8, 4) is 17.2 Å². The summed E-state index contributed by atoms with van der Waals surface area (Å²) in [5.41, 5.74) is 2.54. The second-order valence-electron chi connectivity index (χ2n) is 8.11. The molecule has 0 unspecified atom stereocenters. The summed E-state index contributed by atoms with van der Waals surface area (Å²) in [6.45, 7) is 4.56. The van der Waals surface area contributed by atoms with E-state index in [0.717, 1.165) is 28.5 Å². The zero-order chi connectivity index (χ0) is 26.2. The number of thioether (sulfide) groups is 1. The fourth-order valence-electron chi connectivity index (χ4n) is 3.74. The zero-order valence-electron chi connectivity index (χ0n) is 20.3. The molecule has 1 aliphatic rings. The van der Waals surface area contributed by atoms with Gasteiger partial charge in [-0.25, -0.2) is 0 Å². The highest BCUT2D eigenvalue weighted by atomic mass is 35.5. The number of hydrogen-bond acceptors (Lipinski definition) is 6. The molecule has 2 amide bonds. The number of methoxy groups -OCH3 is 1. The lowest BCUT2D eigenvalue weighted by Gasteiger charge is -2.16. The Bertz CT molecular complexity index is 1310. The van der Waals surface area contributed by atoms with Crippen LogP contribution in [0, 0.1) is 0 Å². The summed E-state index contributed by atoms with van der Waals surface area (Å²) in [6.07, 6.45) is 4.00. The Morgan fingerprint density at radius 2 is 1.78 bits per heavy atom. The molecule has 0 radical (unpaired) electrons. The van der Waals surface area contributed by atoms with Crippen LogP contribution in [-0.2, 0) is 17.8 Å². The van der Waals surface area contributed by atoms with Gasteiger partial charge in [-0.1, -0.05) is 48.0 Å². The Hall–Kier alpha value is -3.68. The van der Waals surface area contributed by atoms with Crippen molar-refractivity contribution in [2.75, 3.05) is 20.3 Å². The molecule has 0 saturated carbocycles. The fourth-order valence-corrected chi connectivity index (χ4v) is 4.73. The molecule has 8 heteroatoms. The highest BCUT2D eigenvalue weighted by Crippen LogP contribution is 2.37. The lowest BCUT2D eigenvalue weighted by molar-refractivity contribution is -0.123. The van der Waals surface area contributed by atoms with Crippen LogP contribution in [0.15, 0.2) is 84.3 Å². The molecule has 4 rings (SSSR count). The minimum atomic E-state index is -0.348. The maximum Gasteiger partial charge on any atom is 0.293 e. The van der Waals surface area contributed by atoms with Crippen LogP contribution in [0.3, 0.4) is 0 Å². The van der Waals surface area contributed by atoms with Gasteiger partial charge in [0.25, 0.3) is 11.1 Å². The summed E-state index contributed by atoms with van der Waals surface area (Å²) in [4.78, 5) is 27.0. The number of nitrogens with zero attached hydrogens (tertiary/aromatic N) is 1. The highest BCUT2D eigenvalue weighted by Gasteiger charge is 2.35. The van der Waals surface area contributed by atoms with E-state index in [1.54, 1.807) is 25.3 Å². The number of amides is 2. The van der Waals surface area contributed by atoms with Crippen molar-refractivity contribution < 1.29 is 23.8 Å². The van der Waals surface area contributed by atoms with Gasteiger partial charge in [0.05, 0.1) is 18.6 Å². The van der Waals surface area contributed by atoms with E-state index < -0.39 is 0 Å². The van der Waals surface area contributed by atoms with Crippen LogP contribution < -0.4 is 14.2 Å². The molecule has 0 aliphatic carbocycles. The van der Waals surface area contributed by atoms with Gasteiger partial charge >= 0.3 is 0 Å². The quantitative estimate of drug-likeness (QED) is 0.199. The third-order valence-corrected chi connectivity index (χ3v) is 6.69. The minimum Gasteiger partial charge on any atom is -0.493 e. The number of ether oxygens (including phenoxy) is 3. The number of carbonyl (C=O) groups excluding carboxylic acids is 2. The van der Waals surface area contributed by atoms with Crippen molar-refractivity contribution in [3.63, 3.8) is 0 Å². The van der Waals surface area contributed by atoms with Crippen LogP contribution in [0.25, 0.3) is 6.08 Å². The second-order valence-corrected chi connectivity index (χ2v) is 9.54. The van der Waals surface area contributed by atoms with E-state index >= 15 is 0 Å². The highest BCUT2D eigenvalue weighted by molar-refractivity contribution is 8.18. The molecule has 1 saturated heterocycles. The van der Waals surface area contributed by atoms with Crippen LogP contribution in [0.1, 0.15) is 16.7 Å². The van der Waals surface area contributed by atoms with Crippen molar-refractivity contribution in [2.45, 2.75) is 13.0 Å². The van der Waals surface area contributed by atoms with Gasteiger partial charge < -0.3 is 14.2 Å². The molecule has 0 atom stereocenters. The zero-order valence-corrected chi connectivity index (χ0v) is 21.9. The molecule has 1 aliphatic heterocycles. The van der Waals surface area contributed by atoms with Gasteiger partial charge in [0, 0.05) is 10.6 Å². The van der Waals surface area contributed by atoms with Crippen molar-refractivity contribution in [3.05, 3.63) is 106 Å². The first kappa shape index (κ1) is 26.4. The number of allylic oxidation sites excluding steroid dienone is 1. The maximum atomic E-state index is 13.0. The van der Waals surface area contributed by atoms with E-state index in [1.807, 2.05) is 60.7 Å². The molecular formula is C29H26ClNO5S. The normalized spacial score (nSPS) is 14.2. The van der Waals surface area contributed by atoms with Crippen LogP contribution in [-0.4, -0.2) is 36.3 Å². The molecule has 0 bridgehead atoms. The topological polar surface area (TPSA) is 65.1 Å². The average Bonchev–Trinajstić information content (AvgIpc) is 3.17. The summed E-state index contributed by atoms with van der Waals surface area (Å²) in [7, 11) is 1.56. The van der Waals surface area contributed by atoms with Crippen LogP contribution in [0.2, 0.25) is 5.02 Å². The Morgan fingerprint density at radius 3 is 2.49 bits per heavy atom. The molecule has 3 aromatic carbocycles. The summed E-state index contributed by atoms with van der Waals surface area (Å²) < 4.78 is 17.4.